The first-order chi connectivity index (χ1) is 13.7. The molecule has 0 atom stereocenters. The molecule has 3 heterocycles. The smallest absolute Gasteiger partial charge is 0.163 e. The Bertz CT molecular complexity index is 919. The van der Waals surface area contributed by atoms with Crippen molar-refractivity contribution in [3.05, 3.63) is 42.1 Å². The van der Waals surface area contributed by atoms with E-state index in [-0.39, 0.29) is 0 Å². The molecule has 8 heteroatoms. The molecule has 0 unspecified atom stereocenters. The van der Waals surface area contributed by atoms with Gasteiger partial charge in [-0.05, 0) is 44.0 Å². The molecule has 0 saturated carbocycles. The van der Waals surface area contributed by atoms with E-state index in [1.165, 1.54) is 0 Å². The van der Waals surface area contributed by atoms with Gasteiger partial charge in [-0.2, -0.15) is 5.10 Å². The molecule has 0 amide bonds. The average Bonchev–Trinajstić information content (AvgIpc) is 3.13. The highest BCUT2D eigenvalue weighted by Crippen LogP contribution is 2.25. The van der Waals surface area contributed by atoms with Crippen molar-refractivity contribution in [3.63, 3.8) is 0 Å². The van der Waals surface area contributed by atoms with Gasteiger partial charge in [0.2, 0.25) is 0 Å². The quantitative estimate of drug-likeness (QED) is 0.602. The van der Waals surface area contributed by atoms with Gasteiger partial charge in [-0.3, -0.25) is 5.10 Å². The van der Waals surface area contributed by atoms with E-state index in [0.29, 0.717) is 23.5 Å². The van der Waals surface area contributed by atoms with Crippen LogP contribution in [0.1, 0.15) is 18.5 Å². The monoisotopic (exact) mass is 380 g/mol. The number of rotatable bonds is 6. The number of aromatic amines is 1. The van der Waals surface area contributed by atoms with E-state index in [9.17, 15) is 0 Å². The lowest BCUT2D eigenvalue weighted by Gasteiger charge is -2.24. The van der Waals surface area contributed by atoms with Gasteiger partial charge in [-0.15, -0.1) is 0 Å². The molecule has 1 aromatic carbocycles. The Hall–Kier alpha value is -3.13. The fourth-order valence-corrected chi connectivity index (χ4v) is 3.12. The Morgan fingerprint density at radius 2 is 1.79 bits per heavy atom. The molecule has 1 aliphatic rings. The molecule has 2 aromatic heterocycles. The van der Waals surface area contributed by atoms with Crippen molar-refractivity contribution < 1.29 is 9.47 Å². The van der Waals surface area contributed by atoms with Gasteiger partial charge in [-0.1, -0.05) is 0 Å². The third-order valence-corrected chi connectivity index (χ3v) is 4.61. The second-order valence-corrected chi connectivity index (χ2v) is 6.78. The van der Waals surface area contributed by atoms with E-state index in [2.05, 4.69) is 25.8 Å². The predicted molar refractivity (Wildman–Crippen MR) is 108 cm³/mol. The highest BCUT2D eigenvalue weighted by atomic mass is 16.5. The van der Waals surface area contributed by atoms with E-state index in [0.717, 1.165) is 48.9 Å². The van der Waals surface area contributed by atoms with Crippen LogP contribution in [0.2, 0.25) is 0 Å². The van der Waals surface area contributed by atoms with Crippen LogP contribution in [0.25, 0.3) is 11.4 Å². The highest BCUT2D eigenvalue weighted by Gasteiger charge is 2.16. The fourth-order valence-electron chi connectivity index (χ4n) is 3.12. The number of methoxy groups -OCH3 is 1. The van der Waals surface area contributed by atoms with Crippen LogP contribution < -0.4 is 15.4 Å². The topological polar surface area (TPSA) is 97.0 Å². The first-order valence-electron chi connectivity index (χ1n) is 9.36. The summed E-state index contributed by atoms with van der Waals surface area (Å²) in [6.45, 7) is 3.50. The van der Waals surface area contributed by atoms with Gasteiger partial charge >= 0.3 is 0 Å². The van der Waals surface area contributed by atoms with Gasteiger partial charge < -0.3 is 20.1 Å². The van der Waals surface area contributed by atoms with Crippen molar-refractivity contribution in [1.29, 1.82) is 0 Å². The van der Waals surface area contributed by atoms with Crippen LogP contribution in [-0.4, -0.2) is 46.5 Å². The first kappa shape index (κ1) is 18.2. The van der Waals surface area contributed by atoms with Crippen LogP contribution in [0.3, 0.4) is 0 Å². The molecule has 28 heavy (non-hydrogen) atoms. The average molecular weight is 380 g/mol. The Kier molecular flexibility index (Phi) is 5.38. The Morgan fingerprint density at radius 3 is 2.46 bits per heavy atom. The van der Waals surface area contributed by atoms with Crippen LogP contribution in [0.4, 0.5) is 17.5 Å². The standard InChI is InChI=1S/C20H24N6O2/c1-13-11-19(26-25-13)22-18-12-17(21-15-7-9-28-10-8-15)23-20(24-18)14-3-5-16(27-2)6-4-14/h3-6,11-12,15H,7-10H2,1-2H3,(H3,21,22,23,24,25,26). The van der Waals surface area contributed by atoms with Gasteiger partial charge in [0.05, 0.1) is 7.11 Å². The summed E-state index contributed by atoms with van der Waals surface area (Å²) in [5, 5.41) is 13.9. The fraction of sp³-hybridized carbons (Fsp3) is 0.350. The molecular weight excluding hydrogens is 356 g/mol. The first-order valence-corrected chi connectivity index (χ1v) is 9.36. The van der Waals surface area contributed by atoms with Crippen molar-refractivity contribution in [2.45, 2.75) is 25.8 Å². The molecule has 146 valence electrons. The molecule has 0 aliphatic carbocycles. The maximum atomic E-state index is 5.45. The second-order valence-electron chi connectivity index (χ2n) is 6.78. The lowest BCUT2D eigenvalue weighted by Crippen LogP contribution is -2.28. The van der Waals surface area contributed by atoms with Crippen LogP contribution in [0.15, 0.2) is 36.4 Å². The van der Waals surface area contributed by atoms with Crippen LogP contribution >= 0.6 is 0 Å². The number of ether oxygens (including phenoxy) is 2. The molecule has 0 radical (unpaired) electrons. The summed E-state index contributed by atoms with van der Waals surface area (Å²) < 4.78 is 10.7. The number of nitrogens with zero attached hydrogens (tertiary/aromatic N) is 3. The van der Waals surface area contributed by atoms with Crippen molar-refractivity contribution in [2.24, 2.45) is 0 Å². The zero-order chi connectivity index (χ0) is 19.3. The minimum atomic E-state index is 0.341. The third-order valence-electron chi connectivity index (χ3n) is 4.61. The highest BCUT2D eigenvalue weighted by molar-refractivity contribution is 5.64. The summed E-state index contributed by atoms with van der Waals surface area (Å²) in [4.78, 5) is 9.40. The number of benzene rings is 1. The third kappa shape index (κ3) is 4.40. The normalized spacial score (nSPS) is 14.6. The van der Waals surface area contributed by atoms with Crippen molar-refractivity contribution in [3.8, 4) is 17.1 Å². The van der Waals surface area contributed by atoms with Crippen molar-refractivity contribution >= 4 is 17.5 Å². The van der Waals surface area contributed by atoms with Crippen LogP contribution in [0.5, 0.6) is 5.75 Å². The number of nitrogens with one attached hydrogen (secondary N) is 3. The lowest BCUT2D eigenvalue weighted by atomic mass is 10.1. The van der Waals surface area contributed by atoms with Gasteiger partial charge in [-0.25, -0.2) is 9.97 Å². The zero-order valence-corrected chi connectivity index (χ0v) is 16.0. The van der Waals surface area contributed by atoms with Crippen LogP contribution in [0, 0.1) is 6.92 Å². The minimum absolute atomic E-state index is 0.341. The van der Waals surface area contributed by atoms with Gasteiger partial charge in [0.25, 0.3) is 0 Å². The lowest BCUT2D eigenvalue weighted by molar-refractivity contribution is 0.0904. The summed E-state index contributed by atoms with van der Waals surface area (Å²) in [6, 6.07) is 11.9. The molecule has 1 aliphatic heterocycles. The SMILES string of the molecule is COc1ccc(-c2nc(Nc3cc(C)[nH]n3)cc(NC3CCOCC3)n2)cc1. The number of anilines is 3. The Balaban J connectivity index is 1.64. The van der Waals surface area contributed by atoms with Gasteiger partial charge in [0, 0.05) is 42.6 Å². The van der Waals surface area contributed by atoms with E-state index in [4.69, 9.17) is 14.5 Å². The Morgan fingerprint density at radius 1 is 1.04 bits per heavy atom. The number of hydrogen-bond acceptors (Lipinski definition) is 7. The number of hydrogen-bond donors (Lipinski definition) is 3. The molecule has 8 nitrogen and oxygen atoms in total. The number of aromatic nitrogens is 4. The second kappa shape index (κ2) is 8.26. The summed E-state index contributed by atoms with van der Waals surface area (Å²) in [5.41, 5.74) is 1.89. The predicted octanol–water partition coefficient (Wildman–Crippen LogP) is 3.52. The summed E-state index contributed by atoms with van der Waals surface area (Å²) in [6.07, 6.45) is 1.92. The number of aryl methyl sites for hydroxylation is 1. The number of H-pyrrole nitrogens is 1. The van der Waals surface area contributed by atoms with Crippen LogP contribution in [-0.2, 0) is 4.74 Å². The molecule has 1 fully saturated rings. The minimum Gasteiger partial charge on any atom is -0.497 e. The van der Waals surface area contributed by atoms with Crippen molar-refractivity contribution in [1.82, 2.24) is 20.2 Å². The van der Waals surface area contributed by atoms with Gasteiger partial charge in [0.1, 0.15) is 17.4 Å². The molecule has 3 N–H and O–H groups in total. The maximum Gasteiger partial charge on any atom is 0.163 e. The Labute approximate surface area is 163 Å². The molecule has 0 spiro atoms. The van der Waals surface area contributed by atoms with Crippen molar-refractivity contribution in [2.75, 3.05) is 31.0 Å². The summed E-state index contributed by atoms with van der Waals surface area (Å²) in [7, 11) is 1.65. The summed E-state index contributed by atoms with van der Waals surface area (Å²) >= 11 is 0. The van der Waals surface area contributed by atoms with E-state index in [1.54, 1.807) is 7.11 Å². The van der Waals surface area contributed by atoms with E-state index < -0.39 is 0 Å². The van der Waals surface area contributed by atoms with Gasteiger partial charge in [0.15, 0.2) is 11.6 Å². The van der Waals surface area contributed by atoms with E-state index >= 15 is 0 Å². The molecule has 4 rings (SSSR count). The maximum absolute atomic E-state index is 5.45. The summed E-state index contributed by atoms with van der Waals surface area (Å²) in [5.74, 6) is 3.61. The molecule has 1 saturated heterocycles. The zero-order valence-electron chi connectivity index (χ0n) is 16.0. The largest absolute Gasteiger partial charge is 0.497 e. The van der Waals surface area contributed by atoms with E-state index in [1.807, 2.05) is 43.3 Å². The molecular formula is C20H24N6O2. The molecule has 0 bridgehead atoms. The molecule has 3 aromatic rings.